The van der Waals surface area contributed by atoms with Gasteiger partial charge in [-0.25, -0.2) is 4.39 Å². The van der Waals surface area contributed by atoms with E-state index in [1.165, 1.54) is 18.2 Å². The predicted octanol–water partition coefficient (Wildman–Crippen LogP) is 2.74. The van der Waals surface area contributed by atoms with Gasteiger partial charge in [-0.2, -0.15) is 0 Å². The first kappa shape index (κ1) is 11.0. The molecule has 1 rings (SSSR count). The van der Waals surface area contributed by atoms with Crippen molar-refractivity contribution in [3.8, 4) is 0 Å². The van der Waals surface area contributed by atoms with E-state index >= 15 is 0 Å². The summed E-state index contributed by atoms with van der Waals surface area (Å²) in [5.74, 6) is -1.87. The molecule has 4 heteroatoms. The molecule has 0 aliphatic carbocycles. The maximum Gasteiger partial charge on any atom is 0.306 e. The van der Waals surface area contributed by atoms with Crippen LogP contribution in [0.15, 0.2) is 18.2 Å². The van der Waals surface area contributed by atoms with Crippen molar-refractivity contribution in [3.05, 3.63) is 34.6 Å². The molecular weight excluding hydrogens is 207 g/mol. The number of rotatable bonds is 3. The summed E-state index contributed by atoms with van der Waals surface area (Å²) in [6.07, 6.45) is 0.242. The lowest BCUT2D eigenvalue weighted by molar-refractivity contribution is -0.141. The van der Waals surface area contributed by atoms with Crippen LogP contribution in [0.5, 0.6) is 0 Å². The van der Waals surface area contributed by atoms with Crippen LogP contribution < -0.4 is 0 Å². The van der Waals surface area contributed by atoms with E-state index in [9.17, 15) is 9.18 Å². The summed E-state index contributed by atoms with van der Waals surface area (Å²) in [4.78, 5) is 10.6. The third-order valence-corrected chi connectivity index (χ3v) is 2.32. The SMILES string of the molecule is CC(Cc1cc(F)ccc1Cl)C(=O)O. The molecule has 76 valence electrons. The van der Waals surface area contributed by atoms with Crippen LogP contribution in [0.1, 0.15) is 12.5 Å². The molecular formula is C10H10ClFO2. The Hall–Kier alpha value is -1.09. The molecule has 0 saturated carbocycles. The van der Waals surface area contributed by atoms with Crippen LogP contribution in [0.3, 0.4) is 0 Å². The fourth-order valence-corrected chi connectivity index (χ4v) is 1.31. The van der Waals surface area contributed by atoms with Crippen molar-refractivity contribution in [2.75, 3.05) is 0 Å². The van der Waals surface area contributed by atoms with Crippen LogP contribution >= 0.6 is 11.6 Å². The van der Waals surface area contributed by atoms with Gasteiger partial charge in [0.1, 0.15) is 5.82 Å². The Balaban J connectivity index is 2.85. The number of carboxylic acid groups (broad SMARTS) is 1. The zero-order valence-electron chi connectivity index (χ0n) is 7.63. The number of carbonyl (C=O) groups is 1. The van der Waals surface area contributed by atoms with E-state index in [1.807, 2.05) is 0 Å². The maximum absolute atomic E-state index is 12.8. The number of hydrogen-bond donors (Lipinski definition) is 1. The predicted molar refractivity (Wildman–Crippen MR) is 51.9 cm³/mol. The zero-order chi connectivity index (χ0) is 10.7. The molecule has 14 heavy (non-hydrogen) atoms. The van der Waals surface area contributed by atoms with Crippen molar-refractivity contribution in [3.63, 3.8) is 0 Å². The summed E-state index contributed by atoms with van der Waals surface area (Å²) in [6.45, 7) is 1.56. The molecule has 0 aliphatic heterocycles. The van der Waals surface area contributed by atoms with Gasteiger partial charge < -0.3 is 5.11 Å². The van der Waals surface area contributed by atoms with Crippen molar-refractivity contribution in [1.82, 2.24) is 0 Å². The second-order valence-corrected chi connectivity index (χ2v) is 3.59. The Kier molecular flexibility index (Phi) is 3.47. The van der Waals surface area contributed by atoms with Gasteiger partial charge in [0.05, 0.1) is 5.92 Å². The number of aliphatic carboxylic acids is 1. The molecule has 0 heterocycles. The Morgan fingerprint density at radius 1 is 1.64 bits per heavy atom. The zero-order valence-corrected chi connectivity index (χ0v) is 8.38. The van der Waals surface area contributed by atoms with E-state index in [-0.39, 0.29) is 6.42 Å². The van der Waals surface area contributed by atoms with Gasteiger partial charge in [-0.05, 0) is 30.2 Å². The second kappa shape index (κ2) is 4.42. The third kappa shape index (κ3) is 2.70. The van der Waals surface area contributed by atoms with E-state index in [0.29, 0.717) is 10.6 Å². The summed E-state index contributed by atoms with van der Waals surface area (Å²) in [5.41, 5.74) is 0.529. The summed E-state index contributed by atoms with van der Waals surface area (Å²) in [7, 11) is 0. The first-order chi connectivity index (χ1) is 6.50. The van der Waals surface area contributed by atoms with E-state index in [2.05, 4.69) is 0 Å². The molecule has 1 unspecified atom stereocenters. The Labute approximate surface area is 86.3 Å². The van der Waals surface area contributed by atoms with E-state index in [0.717, 1.165) is 0 Å². The minimum absolute atomic E-state index is 0.242. The van der Waals surface area contributed by atoms with Crippen molar-refractivity contribution in [1.29, 1.82) is 0 Å². The van der Waals surface area contributed by atoms with Crippen molar-refractivity contribution >= 4 is 17.6 Å². The highest BCUT2D eigenvalue weighted by atomic mass is 35.5. The largest absolute Gasteiger partial charge is 0.481 e. The first-order valence-electron chi connectivity index (χ1n) is 4.17. The molecule has 0 aromatic heterocycles. The van der Waals surface area contributed by atoms with Crippen LogP contribution in [0, 0.1) is 11.7 Å². The molecule has 2 nitrogen and oxygen atoms in total. The van der Waals surface area contributed by atoms with Gasteiger partial charge in [0.2, 0.25) is 0 Å². The van der Waals surface area contributed by atoms with Gasteiger partial charge in [0, 0.05) is 5.02 Å². The molecule has 0 radical (unpaired) electrons. The minimum Gasteiger partial charge on any atom is -0.481 e. The van der Waals surface area contributed by atoms with E-state index in [4.69, 9.17) is 16.7 Å². The molecule has 0 amide bonds. The quantitative estimate of drug-likeness (QED) is 0.844. The van der Waals surface area contributed by atoms with Crippen molar-refractivity contribution in [2.45, 2.75) is 13.3 Å². The van der Waals surface area contributed by atoms with Gasteiger partial charge in [0.25, 0.3) is 0 Å². The average Bonchev–Trinajstić information content (AvgIpc) is 2.11. The van der Waals surface area contributed by atoms with Gasteiger partial charge >= 0.3 is 5.97 Å². The standard InChI is InChI=1S/C10H10ClFO2/c1-6(10(13)14)4-7-5-8(12)2-3-9(7)11/h2-3,5-6H,4H2,1H3,(H,13,14). The lowest BCUT2D eigenvalue weighted by Crippen LogP contribution is -2.12. The molecule has 0 fully saturated rings. The average molecular weight is 217 g/mol. The molecule has 0 bridgehead atoms. The fourth-order valence-electron chi connectivity index (χ4n) is 1.12. The molecule has 1 atom stereocenters. The molecule has 1 N–H and O–H groups in total. The highest BCUT2D eigenvalue weighted by Gasteiger charge is 2.13. The number of benzene rings is 1. The smallest absolute Gasteiger partial charge is 0.306 e. The van der Waals surface area contributed by atoms with Gasteiger partial charge in [-0.3, -0.25) is 4.79 Å². The molecule has 0 spiro atoms. The van der Waals surface area contributed by atoms with E-state index < -0.39 is 17.7 Å². The van der Waals surface area contributed by atoms with Crippen LogP contribution in [0.4, 0.5) is 4.39 Å². The number of hydrogen-bond acceptors (Lipinski definition) is 1. The Morgan fingerprint density at radius 2 is 2.29 bits per heavy atom. The molecule has 0 aliphatic rings. The number of carboxylic acids is 1. The van der Waals surface area contributed by atoms with Crippen LogP contribution in [-0.2, 0) is 11.2 Å². The topological polar surface area (TPSA) is 37.3 Å². The Bertz CT molecular complexity index is 352. The molecule has 0 saturated heterocycles. The monoisotopic (exact) mass is 216 g/mol. The van der Waals surface area contributed by atoms with Crippen LogP contribution in [0.25, 0.3) is 0 Å². The molecule has 1 aromatic rings. The fraction of sp³-hybridized carbons (Fsp3) is 0.300. The lowest BCUT2D eigenvalue weighted by Gasteiger charge is -2.07. The maximum atomic E-state index is 12.8. The summed E-state index contributed by atoms with van der Waals surface area (Å²) < 4.78 is 12.8. The summed E-state index contributed by atoms with van der Waals surface area (Å²) in [6, 6.07) is 3.94. The van der Waals surface area contributed by atoms with Crippen molar-refractivity contribution in [2.24, 2.45) is 5.92 Å². The van der Waals surface area contributed by atoms with Gasteiger partial charge in [-0.15, -0.1) is 0 Å². The number of halogens is 2. The second-order valence-electron chi connectivity index (χ2n) is 3.18. The summed E-state index contributed by atoms with van der Waals surface area (Å²) in [5, 5.41) is 9.07. The normalized spacial score (nSPS) is 12.5. The first-order valence-corrected chi connectivity index (χ1v) is 4.55. The summed E-state index contributed by atoms with van der Waals surface area (Å²) >= 11 is 5.79. The van der Waals surface area contributed by atoms with Crippen molar-refractivity contribution < 1.29 is 14.3 Å². The Morgan fingerprint density at radius 3 is 2.86 bits per heavy atom. The van der Waals surface area contributed by atoms with Crippen LogP contribution in [-0.4, -0.2) is 11.1 Å². The minimum atomic E-state index is -0.912. The van der Waals surface area contributed by atoms with Crippen LogP contribution in [0.2, 0.25) is 5.02 Å². The van der Waals surface area contributed by atoms with Gasteiger partial charge in [0.15, 0.2) is 0 Å². The third-order valence-electron chi connectivity index (χ3n) is 1.96. The highest BCUT2D eigenvalue weighted by Crippen LogP contribution is 2.20. The highest BCUT2D eigenvalue weighted by molar-refractivity contribution is 6.31. The lowest BCUT2D eigenvalue weighted by atomic mass is 10.0. The van der Waals surface area contributed by atoms with E-state index in [1.54, 1.807) is 6.92 Å². The van der Waals surface area contributed by atoms with Gasteiger partial charge in [-0.1, -0.05) is 18.5 Å². The molecule has 1 aromatic carbocycles.